The van der Waals surface area contributed by atoms with Crippen LogP contribution >= 0.6 is 0 Å². The van der Waals surface area contributed by atoms with Crippen molar-refractivity contribution < 1.29 is 14.3 Å². The summed E-state index contributed by atoms with van der Waals surface area (Å²) < 4.78 is 11.1. The zero-order chi connectivity index (χ0) is 18.8. The van der Waals surface area contributed by atoms with Crippen molar-refractivity contribution in [3.63, 3.8) is 0 Å². The fraction of sp³-hybridized carbons (Fsp3) is 0.400. The number of imidazole rings is 1. The smallest absolute Gasteiger partial charge is 0.256 e. The Balaban J connectivity index is 1.55. The average Bonchev–Trinajstić information content (AvgIpc) is 3.20. The molecule has 0 saturated carbocycles. The van der Waals surface area contributed by atoms with E-state index in [-0.39, 0.29) is 12.0 Å². The molecule has 0 atom stereocenters. The van der Waals surface area contributed by atoms with Gasteiger partial charge in [-0.3, -0.25) is 9.69 Å². The van der Waals surface area contributed by atoms with Crippen molar-refractivity contribution >= 4 is 23.2 Å². The number of anilines is 1. The Kier molecular flexibility index (Phi) is 4.96. The van der Waals surface area contributed by atoms with Crippen LogP contribution in [0.1, 0.15) is 30.9 Å². The molecule has 7 heteroatoms. The first-order chi connectivity index (χ1) is 13.1. The number of benzene rings is 1. The highest BCUT2D eigenvalue weighted by molar-refractivity contribution is 6.34. The second-order valence-corrected chi connectivity index (χ2v) is 7.06. The molecule has 0 spiro atoms. The van der Waals surface area contributed by atoms with E-state index < -0.39 is 0 Å². The van der Waals surface area contributed by atoms with Gasteiger partial charge in [0.1, 0.15) is 11.6 Å². The van der Waals surface area contributed by atoms with Crippen LogP contribution in [-0.2, 0) is 16.1 Å². The van der Waals surface area contributed by atoms with Gasteiger partial charge in [0.05, 0.1) is 43.3 Å². The lowest BCUT2D eigenvalue weighted by molar-refractivity contribution is -0.110. The zero-order valence-corrected chi connectivity index (χ0v) is 15.6. The van der Waals surface area contributed by atoms with Crippen LogP contribution < -0.4 is 10.1 Å². The van der Waals surface area contributed by atoms with Gasteiger partial charge < -0.3 is 19.8 Å². The van der Waals surface area contributed by atoms with Gasteiger partial charge in [-0.05, 0) is 38.1 Å². The number of ether oxygens (including phenoxy) is 2. The molecule has 1 aromatic heterocycles. The number of hydrogen-bond donors (Lipinski definition) is 2. The maximum absolute atomic E-state index is 12.4. The molecule has 0 unspecified atom stereocenters. The first-order valence-electron chi connectivity index (χ1n) is 9.26. The molecule has 4 rings (SSSR count). The monoisotopic (exact) mass is 368 g/mol. The Bertz CT molecular complexity index is 866. The molecule has 2 aromatic rings. The van der Waals surface area contributed by atoms with Gasteiger partial charge in [-0.15, -0.1) is 0 Å². The molecule has 142 valence electrons. The summed E-state index contributed by atoms with van der Waals surface area (Å²) in [6, 6.07) is 5.66. The van der Waals surface area contributed by atoms with Gasteiger partial charge in [0.15, 0.2) is 0 Å². The predicted molar refractivity (Wildman–Crippen MR) is 103 cm³/mol. The summed E-state index contributed by atoms with van der Waals surface area (Å²) in [6.07, 6.45) is 3.69. The standard InChI is InChI=1S/C20H24N4O3/c1-13(2)27-15-3-4-18-16(10-15)17(20(25)23-18)9-14-11-21-19(22-14)12-24-5-7-26-8-6-24/h3-4,9-11,13H,5-8,12H2,1-2H3,(H,21,22)(H,23,25)/b17-9-. The zero-order valence-electron chi connectivity index (χ0n) is 15.6. The lowest BCUT2D eigenvalue weighted by atomic mass is 10.1. The fourth-order valence-corrected chi connectivity index (χ4v) is 3.31. The van der Waals surface area contributed by atoms with Crippen LogP contribution in [-0.4, -0.2) is 53.2 Å². The summed E-state index contributed by atoms with van der Waals surface area (Å²) in [6.45, 7) is 8.05. The molecule has 7 nitrogen and oxygen atoms in total. The van der Waals surface area contributed by atoms with Crippen LogP contribution in [0.4, 0.5) is 5.69 Å². The molecule has 2 aliphatic heterocycles. The van der Waals surface area contributed by atoms with Crippen LogP contribution in [0, 0.1) is 0 Å². The van der Waals surface area contributed by atoms with E-state index >= 15 is 0 Å². The van der Waals surface area contributed by atoms with Crippen molar-refractivity contribution in [1.82, 2.24) is 14.9 Å². The predicted octanol–water partition coefficient (Wildman–Crippen LogP) is 2.52. The molecule has 1 amide bonds. The van der Waals surface area contributed by atoms with E-state index in [1.807, 2.05) is 38.1 Å². The average molecular weight is 368 g/mol. The minimum absolute atomic E-state index is 0.0795. The first kappa shape index (κ1) is 17.8. The van der Waals surface area contributed by atoms with E-state index in [1.165, 1.54) is 0 Å². The maximum atomic E-state index is 12.4. The molecule has 1 saturated heterocycles. The van der Waals surface area contributed by atoms with Gasteiger partial charge in [0.2, 0.25) is 0 Å². The van der Waals surface area contributed by atoms with Crippen LogP contribution in [0.5, 0.6) is 5.75 Å². The topological polar surface area (TPSA) is 79.5 Å². The van der Waals surface area contributed by atoms with Gasteiger partial charge in [-0.25, -0.2) is 4.98 Å². The molecule has 1 fully saturated rings. The van der Waals surface area contributed by atoms with Crippen molar-refractivity contribution in [1.29, 1.82) is 0 Å². The number of carbonyl (C=O) groups is 1. The SMILES string of the molecule is CC(C)Oc1ccc2c(c1)/C(=C/c1cnc(CN3CCOCC3)[nH]1)C(=O)N2. The number of H-pyrrole nitrogens is 1. The van der Waals surface area contributed by atoms with Crippen LogP contribution in [0.25, 0.3) is 11.6 Å². The number of rotatable bonds is 5. The molecule has 2 aliphatic rings. The number of aromatic amines is 1. The van der Waals surface area contributed by atoms with Crippen molar-refractivity contribution in [2.45, 2.75) is 26.5 Å². The molecule has 1 aromatic carbocycles. The second kappa shape index (κ2) is 7.54. The van der Waals surface area contributed by atoms with Gasteiger partial charge >= 0.3 is 0 Å². The van der Waals surface area contributed by atoms with E-state index in [0.717, 1.165) is 61.4 Å². The van der Waals surface area contributed by atoms with Crippen LogP contribution in [0.2, 0.25) is 0 Å². The van der Waals surface area contributed by atoms with E-state index in [2.05, 4.69) is 20.2 Å². The molecule has 0 radical (unpaired) electrons. The maximum Gasteiger partial charge on any atom is 0.256 e. The summed E-state index contributed by atoms with van der Waals surface area (Å²) in [5.41, 5.74) is 3.07. The largest absolute Gasteiger partial charge is 0.491 e. The number of morpholine rings is 1. The molecule has 2 N–H and O–H groups in total. The Labute approximate surface area is 158 Å². The van der Waals surface area contributed by atoms with E-state index in [4.69, 9.17) is 9.47 Å². The Morgan fingerprint density at radius 3 is 2.93 bits per heavy atom. The van der Waals surface area contributed by atoms with Crippen molar-refractivity contribution in [3.05, 3.63) is 41.5 Å². The Hall–Kier alpha value is -2.64. The number of amides is 1. The van der Waals surface area contributed by atoms with Gasteiger partial charge in [-0.1, -0.05) is 0 Å². The molecular formula is C20H24N4O3. The highest BCUT2D eigenvalue weighted by Gasteiger charge is 2.25. The number of aromatic nitrogens is 2. The first-order valence-corrected chi connectivity index (χ1v) is 9.26. The van der Waals surface area contributed by atoms with Gasteiger partial charge in [0.25, 0.3) is 5.91 Å². The van der Waals surface area contributed by atoms with Crippen molar-refractivity contribution in [3.8, 4) is 5.75 Å². The molecular weight excluding hydrogens is 344 g/mol. The number of fused-ring (bicyclic) bond motifs is 1. The van der Waals surface area contributed by atoms with Crippen LogP contribution in [0.3, 0.4) is 0 Å². The normalized spacial score (nSPS) is 18.8. The number of nitrogens with one attached hydrogen (secondary N) is 2. The highest BCUT2D eigenvalue weighted by atomic mass is 16.5. The quantitative estimate of drug-likeness (QED) is 0.793. The van der Waals surface area contributed by atoms with Gasteiger partial charge in [0, 0.05) is 24.3 Å². The summed E-state index contributed by atoms with van der Waals surface area (Å²) in [5.74, 6) is 1.53. The van der Waals surface area contributed by atoms with E-state index in [0.29, 0.717) is 5.57 Å². The van der Waals surface area contributed by atoms with Crippen molar-refractivity contribution in [2.75, 3.05) is 31.6 Å². The number of hydrogen-bond acceptors (Lipinski definition) is 5. The molecule has 0 bridgehead atoms. The summed E-state index contributed by atoms with van der Waals surface area (Å²) in [7, 11) is 0. The molecule has 3 heterocycles. The third-order valence-corrected chi connectivity index (χ3v) is 4.57. The minimum Gasteiger partial charge on any atom is -0.491 e. The Morgan fingerprint density at radius 2 is 2.15 bits per heavy atom. The van der Waals surface area contributed by atoms with Crippen LogP contribution in [0.15, 0.2) is 24.4 Å². The summed E-state index contributed by atoms with van der Waals surface area (Å²) in [5, 5.41) is 2.90. The number of nitrogens with zero attached hydrogens (tertiary/aromatic N) is 2. The molecule has 0 aliphatic carbocycles. The second-order valence-electron chi connectivity index (χ2n) is 7.06. The molecule has 27 heavy (non-hydrogen) atoms. The number of carbonyl (C=O) groups excluding carboxylic acids is 1. The van der Waals surface area contributed by atoms with E-state index in [1.54, 1.807) is 6.20 Å². The fourth-order valence-electron chi connectivity index (χ4n) is 3.31. The minimum atomic E-state index is -0.115. The lowest BCUT2D eigenvalue weighted by Gasteiger charge is -2.25. The lowest BCUT2D eigenvalue weighted by Crippen LogP contribution is -2.35. The van der Waals surface area contributed by atoms with Crippen molar-refractivity contribution in [2.24, 2.45) is 0 Å². The summed E-state index contributed by atoms with van der Waals surface area (Å²) in [4.78, 5) is 22.5. The third kappa shape index (κ3) is 4.04. The van der Waals surface area contributed by atoms with Gasteiger partial charge in [-0.2, -0.15) is 0 Å². The summed E-state index contributed by atoms with van der Waals surface area (Å²) >= 11 is 0. The highest BCUT2D eigenvalue weighted by Crippen LogP contribution is 2.35. The van der Waals surface area contributed by atoms with E-state index in [9.17, 15) is 4.79 Å². The third-order valence-electron chi connectivity index (χ3n) is 4.57. The Morgan fingerprint density at radius 1 is 1.33 bits per heavy atom.